The first-order chi connectivity index (χ1) is 14.1. The summed E-state index contributed by atoms with van der Waals surface area (Å²) in [4.78, 5) is 15.1. The third kappa shape index (κ3) is 4.80. The lowest BCUT2D eigenvalue weighted by molar-refractivity contribution is -0.117. The fraction of sp³-hybridized carbons (Fsp3) is 0.375. The van der Waals surface area contributed by atoms with Gasteiger partial charge in [-0.05, 0) is 75.5 Å². The van der Waals surface area contributed by atoms with Crippen LogP contribution in [0.3, 0.4) is 0 Å². The second-order valence-electron chi connectivity index (χ2n) is 7.94. The monoisotopic (exact) mass is 392 g/mol. The zero-order valence-electron chi connectivity index (χ0n) is 17.1. The lowest BCUT2D eigenvalue weighted by Crippen LogP contribution is -2.38. The highest BCUT2D eigenvalue weighted by Crippen LogP contribution is 2.25. The van der Waals surface area contributed by atoms with Gasteiger partial charge in [-0.15, -0.1) is 0 Å². The van der Waals surface area contributed by atoms with Crippen LogP contribution in [0.2, 0.25) is 0 Å². The number of fused-ring (bicyclic) bond motifs is 1. The molecule has 1 amide bonds. The van der Waals surface area contributed by atoms with Crippen molar-refractivity contribution in [1.82, 2.24) is 10.2 Å². The number of amides is 1. The highest BCUT2D eigenvalue weighted by Gasteiger charge is 2.21. The molecule has 0 radical (unpaired) electrons. The third-order valence-electron chi connectivity index (χ3n) is 5.79. The van der Waals surface area contributed by atoms with Crippen molar-refractivity contribution in [3.63, 3.8) is 0 Å². The van der Waals surface area contributed by atoms with Crippen molar-refractivity contribution in [2.45, 2.75) is 33.2 Å². The van der Waals surface area contributed by atoms with Gasteiger partial charge in [0, 0.05) is 17.7 Å². The topological polar surface area (TPSA) is 54.7 Å². The highest BCUT2D eigenvalue weighted by molar-refractivity contribution is 6.01. The molecule has 1 N–H and O–H groups in total. The summed E-state index contributed by atoms with van der Waals surface area (Å²) in [5, 5.41) is 3.10. The van der Waals surface area contributed by atoms with Crippen molar-refractivity contribution >= 4 is 12.0 Å². The van der Waals surface area contributed by atoms with E-state index >= 15 is 0 Å². The maximum atomic E-state index is 12.6. The zero-order valence-corrected chi connectivity index (χ0v) is 17.1. The van der Waals surface area contributed by atoms with E-state index in [-0.39, 0.29) is 5.91 Å². The number of rotatable bonds is 5. The molecule has 0 aliphatic carbocycles. The number of likely N-dealkylation sites (tertiary alicyclic amines) is 1. The Morgan fingerprint density at radius 1 is 1.21 bits per heavy atom. The van der Waals surface area contributed by atoms with Crippen LogP contribution in [0.15, 0.2) is 52.7 Å². The zero-order chi connectivity index (χ0) is 20.2. The summed E-state index contributed by atoms with van der Waals surface area (Å²) in [6, 6.07) is 9.85. The first-order valence-corrected chi connectivity index (χ1v) is 10.3. The molecule has 0 unspecified atom stereocenters. The van der Waals surface area contributed by atoms with Gasteiger partial charge in [-0.2, -0.15) is 0 Å². The van der Waals surface area contributed by atoms with Gasteiger partial charge >= 0.3 is 0 Å². The molecule has 5 heteroatoms. The maximum Gasteiger partial charge on any atom is 0.251 e. The first-order valence-electron chi connectivity index (χ1n) is 10.3. The second-order valence-corrected chi connectivity index (χ2v) is 7.94. The van der Waals surface area contributed by atoms with Crippen molar-refractivity contribution in [2.75, 3.05) is 19.6 Å². The molecule has 0 bridgehead atoms. The third-order valence-corrected chi connectivity index (χ3v) is 5.79. The van der Waals surface area contributed by atoms with Gasteiger partial charge < -0.3 is 14.5 Å². The molecular weight excluding hydrogens is 364 g/mol. The molecule has 5 nitrogen and oxygen atoms in total. The molecular formula is C24H28N2O3. The van der Waals surface area contributed by atoms with Crippen LogP contribution in [-0.4, -0.2) is 30.4 Å². The van der Waals surface area contributed by atoms with Gasteiger partial charge in [0.2, 0.25) is 0 Å². The van der Waals surface area contributed by atoms with Crippen molar-refractivity contribution in [3.05, 3.63) is 70.9 Å². The molecule has 1 aromatic carbocycles. The van der Waals surface area contributed by atoms with Crippen LogP contribution < -0.4 is 10.1 Å². The summed E-state index contributed by atoms with van der Waals surface area (Å²) >= 11 is 0. The minimum Gasteiger partial charge on any atom is -0.465 e. The average molecular weight is 392 g/mol. The van der Waals surface area contributed by atoms with Gasteiger partial charge in [-0.25, -0.2) is 0 Å². The van der Waals surface area contributed by atoms with Crippen LogP contribution in [0.25, 0.3) is 6.08 Å². The van der Waals surface area contributed by atoms with E-state index in [1.54, 1.807) is 12.3 Å². The minimum absolute atomic E-state index is 0.0504. The number of nitrogens with zero attached hydrogens (tertiary/aromatic N) is 1. The van der Waals surface area contributed by atoms with Crippen LogP contribution in [0.5, 0.6) is 5.75 Å². The normalized spacial score (nSPS) is 17.2. The van der Waals surface area contributed by atoms with E-state index < -0.39 is 0 Å². The molecule has 152 valence electrons. The van der Waals surface area contributed by atoms with E-state index in [0.29, 0.717) is 18.0 Å². The van der Waals surface area contributed by atoms with Gasteiger partial charge in [-0.3, -0.25) is 9.69 Å². The molecule has 4 rings (SSSR count). The highest BCUT2D eigenvalue weighted by atomic mass is 16.5. The van der Waals surface area contributed by atoms with E-state index in [1.807, 2.05) is 37.3 Å². The van der Waals surface area contributed by atoms with Crippen LogP contribution >= 0.6 is 0 Å². The van der Waals surface area contributed by atoms with Gasteiger partial charge in [-0.1, -0.05) is 18.2 Å². The number of benzene rings is 1. The summed E-state index contributed by atoms with van der Waals surface area (Å²) in [7, 11) is 0. The van der Waals surface area contributed by atoms with E-state index in [9.17, 15) is 4.79 Å². The minimum atomic E-state index is -0.0504. The largest absolute Gasteiger partial charge is 0.465 e. The molecule has 0 saturated carbocycles. The Hall–Kier alpha value is -2.79. The number of hydrogen-bond donors (Lipinski definition) is 1. The Morgan fingerprint density at radius 3 is 2.76 bits per heavy atom. The summed E-state index contributed by atoms with van der Waals surface area (Å²) in [5.41, 5.74) is 2.75. The Balaban J connectivity index is 1.26. The Labute approximate surface area is 172 Å². The average Bonchev–Trinajstić information content (AvgIpc) is 2.92. The standard InChI is InChI=1S/C24H28N2O3/c1-17-13-22(29-18(17)2)16-26-10-7-19(8-11-26)15-25-24(27)21-9-12-28-23-6-4-3-5-20(23)14-21/h3-6,9,12-14,19H,7-8,10-11,15-16H2,1-2H3,(H,25,27). The molecule has 2 aliphatic rings. The number of aryl methyl sites for hydroxylation is 2. The molecule has 1 saturated heterocycles. The van der Waals surface area contributed by atoms with Gasteiger partial charge in [0.05, 0.1) is 12.8 Å². The lowest BCUT2D eigenvalue weighted by Gasteiger charge is -2.31. The maximum absolute atomic E-state index is 12.6. The first kappa shape index (κ1) is 19.5. The summed E-state index contributed by atoms with van der Waals surface area (Å²) in [5.74, 6) is 3.27. The SMILES string of the molecule is Cc1cc(CN2CCC(CNC(=O)C3=Cc4ccccc4OC=C3)CC2)oc1C. The van der Waals surface area contributed by atoms with Crippen LogP contribution in [0, 0.1) is 19.8 Å². The van der Waals surface area contributed by atoms with Crippen molar-refractivity contribution in [1.29, 1.82) is 0 Å². The van der Waals surface area contributed by atoms with Gasteiger partial charge in [0.15, 0.2) is 0 Å². The molecule has 3 heterocycles. The second kappa shape index (κ2) is 8.70. The Bertz CT molecular complexity index is 914. The van der Waals surface area contributed by atoms with E-state index in [2.05, 4.69) is 23.2 Å². The number of carbonyl (C=O) groups excluding carboxylic acids is 1. The smallest absolute Gasteiger partial charge is 0.251 e. The number of nitrogens with one attached hydrogen (secondary N) is 1. The Kier molecular flexibility index (Phi) is 5.86. The number of hydrogen-bond acceptors (Lipinski definition) is 4. The number of furan rings is 1. The molecule has 1 aromatic heterocycles. The van der Waals surface area contributed by atoms with Crippen molar-refractivity contribution in [2.24, 2.45) is 5.92 Å². The van der Waals surface area contributed by atoms with Crippen LogP contribution in [-0.2, 0) is 11.3 Å². The molecule has 0 atom stereocenters. The summed E-state index contributed by atoms with van der Waals surface area (Å²) < 4.78 is 11.4. The van der Waals surface area contributed by atoms with Crippen LogP contribution in [0.4, 0.5) is 0 Å². The van der Waals surface area contributed by atoms with Gasteiger partial charge in [0.25, 0.3) is 5.91 Å². The lowest BCUT2D eigenvalue weighted by atomic mass is 9.96. The number of carbonyl (C=O) groups is 1. The van der Waals surface area contributed by atoms with E-state index in [0.717, 1.165) is 55.3 Å². The number of piperidine rings is 1. The molecule has 0 spiro atoms. The molecule has 2 aliphatic heterocycles. The number of ether oxygens (including phenoxy) is 1. The molecule has 1 fully saturated rings. The van der Waals surface area contributed by atoms with Crippen molar-refractivity contribution < 1.29 is 13.9 Å². The fourth-order valence-corrected chi connectivity index (χ4v) is 3.88. The predicted octanol–water partition coefficient (Wildman–Crippen LogP) is 4.21. The summed E-state index contributed by atoms with van der Waals surface area (Å²) in [6.45, 7) is 7.73. The quantitative estimate of drug-likeness (QED) is 0.828. The Morgan fingerprint density at radius 2 is 2.00 bits per heavy atom. The fourth-order valence-electron chi connectivity index (χ4n) is 3.88. The molecule has 2 aromatic rings. The van der Waals surface area contributed by atoms with Gasteiger partial charge in [0.1, 0.15) is 17.3 Å². The van der Waals surface area contributed by atoms with Crippen molar-refractivity contribution in [3.8, 4) is 5.75 Å². The number of para-hydroxylation sites is 1. The predicted molar refractivity (Wildman–Crippen MR) is 113 cm³/mol. The van der Waals surface area contributed by atoms with Crippen LogP contribution in [0.1, 0.15) is 35.5 Å². The summed E-state index contributed by atoms with van der Waals surface area (Å²) in [6.07, 6.45) is 7.35. The van der Waals surface area contributed by atoms with E-state index in [1.165, 1.54) is 5.56 Å². The molecule has 29 heavy (non-hydrogen) atoms. The van der Waals surface area contributed by atoms with E-state index in [4.69, 9.17) is 9.15 Å².